The van der Waals surface area contributed by atoms with Crippen LogP contribution < -0.4 is 0 Å². The molecular weight excluding hydrogens is 670 g/mol. The van der Waals surface area contributed by atoms with Crippen LogP contribution in [0, 0.1) is 0 Å². The van der Waals surface area contributed by atoms with Crippen molar-refractivity contribution in [2.75, 3.05) is 26.4 Å². The molecule has 12 heteroatoms. The fraction of sp³-hybridized carbons (Fsp3) is 0.625. The highest BCUT2D eigenvalue weighted by Crippen LogP contribution is 2.58. The third kappa shape index (κ3) is 7.25. The van der Waals surface area contributed by atoms with E-state index in [1.807, 2.05) is 0 Å². The standard InChI is InChI=1S/C16H24Br4O6P2/c1-5-23-27(21,24-6-2)9-11-12(10-28(22,25-7-3)26-8-4)14(18)16(20)15(19)13(11)17/h5-10H2,1-4H3. The molecule has 0 amide bonds. The zero-order chi connectivity index (χ0) is 21.5. The fourth-order valence-corrected chi connectivity index (χ4v) is 9.04. The Morgan fingerprint density at radius 2 is 0.821 bits per heavy atom. The van der Waals surface area contributed by atoms with Crippen molar-refractivity contribution in [2.24, 2.45) is 0 Å². The van der Waals surface area contributed by atoms with E-state index < -0.39 is 15.2 Å². The van der Waals surface area contributed by atoms with E-state index in [4.69, 9.17) is 18.1 Å². The van der Waals surface area contributed by atoms with Crippen molar-refractivity contribution >= 4 is 78.9 Å². The van der Waals surface area contributed by atoms with Gasteiger partial charge in [-0.1, -0.05) is 0 Å². The summed E-state index contributed by atoms with van der Waals surface area (Å²) in [6.45, 7) is 8.03. The van der Waals surface area contributed by atoms with Crippen LogP contribution in [0.2, 0.25) is 0 Å². The molecule has 0 aliphatic heterocycles. The second kappa shape index (κ2) is 12.5. The van der Waals surface area contributed by atoms with Gasteiger partial charge in [-0.2, -0.15) is 0 Å². The normalized spacial score (nSPS) is 12.6. The van der Waals surface area contributed by atoms with E-state index in [0.717, 1.165) is 8.95 Å². The number of halogens is 4. The molecule has 6 nitrogen and oxygen atoms in total. The predicted octanol–water partition coefficient (Wildman–Crippen LogP) is 8.27. The molecule has 0 atom stereocenters. The predicted molar refractivity (Wildman–Crippen MR) is 126 cm³/mol. The summed E-state index contributed by atoms with van der Waals surface area (Å²) in [6.07, 6.45) is 0.0145. The average Bonchev–Trinajstić information content (AvgIpc) is 2.62. The molecule has 0 N–H and O–H groups in total. The Morgan fingerprint density at radius 3 is 1.04 bits per heavy atom. The smallest absolute Gasteiger partial charge is 0.309 e. The minimum Gasteiger partial charge on any atom is -0.309 e. The van der Waals surface area contributed by atoms with E-state index in [0.29, 0.717) is 20.1 Å². The summed E-state index contributed by atoms with van der Waals surface area (Å²) in [6, 6.07) is 0. The monoisotopic (exact) mass is 690 g/mol. The first-order valence-corrected chi connectivity index (χ1v) is 15.3. The minimum absolute atomic E-state index is 0.00727. The molecule has 162 valence electrons. The lowest BCUT2D eigenvalue weighted by molar-refractivity contribution is 0.216. The van der Waals surface area contributed by atoms with Gasteiger partial charge in [0.05, 0.1) is 38.8 Å². The van der Waals surface area contributed by atoms with Gasteiger partial charge in [0, 0.05) is 17.9 Å². The summed E-state index contributed by atoms with van der Waals surface area (Å²) in [5, 5.41) is 0. The fourth-order valence-electron chi connectivity index (χ4n) is 2.48. The van der Waals surface area contributed by atoms with Crippen LogP contribution in [0.5, 0.6) is 0 Å². The zero-order valence-corrected chi connectivity index (χ0v) is 24.2. The molecular formula is C16H24Br4O6P2. The van der Waals surface area contributed by atoms with Crippen LogP contribution in [0.15, 0.2) is 17.9 Å². The van der Waals surface area contributed by atoms with Gasteiger partial charge >= 0.3 is 15.2 Å². The van der Waals surface area contributed by atoms with Crippen molar-refractivity contribution in [3.05, 3.63) is 29.0 Å². The molecule has 0 fully saturated rings. The van der Waals surface area contributed by atoms with Crippen molar-refractivity contribution in [1.82, 2.24) is 0 Å². The molecule has 0 heterocycles. The highest BCUT2D eigenvalue weighted by molar-refractivity contribution is 9.15. The summed E-state index contributed by atoms with van der Waals surface area (Å²) in [5.41, 5.74) is 1.29. The molecule has 1 aromatic rings. The van der Waals surface area contributed by atoms with Crippen LogP contribution >= 0.6 is 78.9 Å². The van der Waals surface area contributed by atoms with Gasteiger partial charge in [-0.3, -0.25) is 9.13 Å². The van der Waals surface area contributed by atoms with Gasteiger partial charge in [-0.25, -0.2) is 0 Å². The van der Waals surface area contributed by atoms with Crippen LogP contribution in [-0.2, 0) is 39.5 Å². The maximum absolute atomic E-state index is 13.2. The molecule has 0 aromatic heterocycles. The highest BCUT2D eigenvalue weighted by atomic mass is 79.9. The molecule has 0 saturated heterocycles. The quantitative estimate of drug-likeness (QED) is 0.125. The second-order valence-corrected chi connectivity index (χ2v) is 12.7. The number of hydrogen-bond acceptors (Lipinski definition) is 6. The molecule has 1 rings (SSSR count). The summed E-state index contributed by atoms with van der Waals surface area (Å²) in [4.78, 5) is 0. The topological polar surface area (TPSA) is 71.1 Å². The maximum Gasteiger partial charge on any atom is 0.335 e. The van der Waals surface area contributed by atoms with E-state index in [2.05, 4.69) is 63.7 Å². The van der Waals surface area contributed by atoms with Crippen molar-refractivity contribution in [2.45, 2.75) is 40.0 Å². The van der Waals surface area contributed by atoms with Gasteiger partial charge in [0.25, 0.3) is 0 Å². The Hall–Kier alpha value is 1.44. The Balaban J connectivity index is 3.58. The summed E-state index contributed by atoms with van der Waals surface area (Å²) in [5.74, 6) is 0. The van der Waals surface area contributed by atoms with E-state index >= 15 is 0 Å². The van der Waals surface area contributed by atoms with Crippen LogP contribution in [0.3, 0.4) is 0 Å². The van der Waals surface area contributed by atoms with Gasteiger partial charge in [0.15, 0.2) is 0 Å². The van der Waals surface area contributed by atoms with Gasteiger partial charge in [-0.15, -0.1) is 0 Å². The molecule has 0 unspecified atom stereocenters. The number of rotatable bonds is 12. The Kier molecular flexibility index (Phi) is 12.2. The third-order valence-electron chi connectivity index (χ3n) is 3.48. The Labute approximate surface area is 200 Å². The molecule has 0 aliphatic carbocycles. The second-order valence-electron chi connectivity index (χ2n) is 5.42. The first-order chi connectivity index (χ1) is 13.1. The first-order valence-electron chi connectivity index (χ1n) is 8.67. The van der Waals surface area contributed by atoms with E-state index in [-0.39, 0.29) is 38.8 Å². The van der Waals surface area contributed by atoms with Gasteiger partial charge in [0.1, 0.15) is 0 Å². The van der Waals surface area contributed by atoms with Crippen LogP contribution in [0.1, 0.15) is 38.8 Å². The van der Waals surface area contributed by atoms with Gasteiger partial charge in [-0.05, 0) is 103 Å². The lowest BCUT2D eigenvalue weighted by Crippen LogP contribution is -2.07. The molecule has 0 aliphatic rings. The Morgan fingerprint density at radius 1 is 0.571 bits per heavy atom. The summed E-state index contributed by atoms with van der Waals surface area (Å²) in [7, 11) is -6.81. The molecule has 0 spiro atoms. The highest BCUT2D eigenvalue weighted by Gasteiger charge is 2.33. The van der Waals surface area contributed by atoms with Crippen molar-refractivity contribution in [3.8, 4) is 0 Å². The van der Waals surface area contributed by atoms with Gasteiger partial charge in [0.2, 0.25) is 0 Å². The molecule has 0 saturated carbocycles. The van der Waals surface area contributed by atoms with Crippen molar-refractivity contribution < 1.29 is 27.2 Å². The maximum atomic E-state index is 13.2. The van der Waals surface area contributed by atoms with Crippen LogP contribution in [0.25, 0.3) is 0 Å². The molecule has 1 aromatic carbocycles. The summed E-state index contributed by atoms with van der Waals surface area (Å²) >= 11 is 14.1. The number of benzene rings is 1. The van der Waals surface area contributed by atoms with Gasteiger partial charge < -0.3 is 18.1 Å². The number of hydrogen-bond donors (Lipinski definition) is 0. The molecule has 0 radical (unpaired) electrons. The Bertz CT molecular complexity index is 691. The third-order valence-corrected chi connectivity index (χ3v) is 12.4. The minimum atomic E-state index is -3.40. The zero-order valence-electron chi connectivity index (χ0n) is 16.1. The molecule has 28 heavy (non-hydrogen) atoms. The molecule has 0 bridgehead atoms. The van der Waals surface area contributed by atoms with Crippen molar-refractivity contribution in [3.63, 3.8) is 0 Å². The van der Waals surface area contributed by atoms with E-state index in [9.17, 15) is 9.13 Å². The summed E-state index contributed by atoms with van der Waals surface area (Å²) < 4.78 is 50.9. The van der Waals surface area contributed by atoms with E-state index in [1.54, 1.807) is 27.7 Å². The van der Waals surface area contributed by atoms with E-state index in [1.165, 1.54) is 0 Å². The van der Waals surface area contributed by atoms with Crippen molar-refractivity contribution in [1.29, 1.82) is 0 Å². The van der Waals surface area contributed by atoms with Crippen LogP contribution in [0.4, 0.5) is 0 Å². The largest absolute Gasteiger partial charge is 0.335 e. The SMILES string of the molecule is CCOP(=O)(Cc1c(Br)c(Br)c(Br)c(Br)c1CP(=O)(OCC)OCC)OCC. The first kappa shape index (κ1) is 27.5. The lowest BCUT2D eigenvalue weighted by Gasteiger charge is -2.24. The van der Waals surface area contributed by atoms with Crippen LogP contribution in [-0.4, -0.2) is 26.4 Å². The average molecular weight is 694 g/mol. The lowest BCUT2D eigenvalue weighted by atomic mass is 10.1.